The fourth-order valence-corrected chi connectivity index (χ4v) is 2.88. The Morgan fingerprint density at radius 1 is 0.808 bits per heavy atom. The lowest BCUT2D eigenvalue weighted by atomic mass is 10.1. The second-order valence-electron chi connectivity index (χ2n) is 5.33. The molecule has 0 saturated carbocycles. The van der Waals surface area contributed by atoms with Crippen molar-refractivity contribution in [2.24, 2.45) is 4.99 Å². The van der Waals surface area contributed by atoms with Crippen molar-refractivity contribution in [1.82, 2.24) is 0 Å². The second-order valence-corrected chi connectivity index (χ2v) is 6.31. The first-order valence-electron chi connectivity index (χ1n) is 7.80. The number of hydrogen-bond donors (Lipinski definition) is 0. The number of nitrogens with zero attached hydrogens (tertiary/aromatic N) is 1. The van der Waals surface area contributed by atoms with Crippen LogP contribution in [0, 0.1) is 17.5 Å². The molecule has 0 amide bonds. The van der Waals surface area contributed by atoms with Crippen LogP contribution in [0.15, 0.2) is 94.2 Å². The highest BCUT2D eigenvalue weighted by atomic mass is 32.2. The number of benzene rings is 3. The summed E-state index contributed by atoms with van der Waals surface area (Å²) in [5, 5.41) is 1.73. The lowest BCUT2D eigenvalue weighted by Crippen LogP contribution is -2.00. The minimum absolute atomic E-state index is 0.307. The first kappa shape index (κ1) is 18.0. The van der Waals surface area contributed by atoms with Crippen molar-refractivity contribution < 1.29 is 13.2 Å². The largest absolute Gasteiger partial charge is 0.248 e. The zero-order valence-electron chi connectivity index (χ0n) is 13.6. The highest BCUT2D eigenvalue weighted by molar-refractivity contribution is 8.02. The van der Waals surface area contributed by atoms with Crippen LogP contribution < -0.4 is 0 Å². The average molecular weight is 369 g/mol. The maximum atomic E-state index is 14.2. The van der Waals surface area contributed by atoms with Crippen LogP contribution in [0.1, 0.15) is 5.56 Å². The molecule has 0 heterocycles. The Kier molecular flexibility index (Phi) is 5.92. The van der Waals surface area contributed by atoms with Gasteiger partial charge in [-0.25, -0.2) is 18.2 Å². The van der Waals surface area contributed by atoms with Gasteiger partial charge in [-0.05, 0) is 66.1 Å². The zero-order chi connectivity index (χ0) is 18.4. The molecule has 130 valence electrons. The van der Waals surface area contributed by atoms with Crippen LogP contribution in [-0.4, -0.2) is 5.71 Å². The molecule has 0 atom stereocenters. The van der Waals surface area contributed by atoms with Crippen LogP contribution in [0.5, 0.6) is 0 Å². The summed E-state index contributed by atoms with van der Waals surface area (Å²) in [6.07, 6.45) is 1.65. The molecule has 0 aliphatic carbocycles. The van der Waals surface area contributed by atoms with Gasteiger partial charge in [0.25, 0.3) is 0 Å². The fourth-order valence-electron chi connectivity index (χ4n) is 2.23. The number of aliphatic imine (C=N–C) groups is 1. The lowest BCUT2D eigenvalue weighted by Gasteiger charge is -2.04. The maximum Gasteiger partial charge on any atom is 0.132 e. The van der Waals surface area contributed by atoms with Gasteiger partial charge in [0.2, 0.25) is 0 Å². The first-order chi connectivity index (χ1) is 12.6. The predicted octanol–water partition coefficient (Wildman–Crippen LogP) is 6.53. The van der Waals surface area contributed by atoms with Gasteiger partial charge in [-0.1, -0.05) is 30.0 Å². The van der Waals surface area contributed by atoms with E-state index < -0.39 is 11.6 Å². The molecule has 3 aromatic carbocycles. The van der Waals surface area contributed by atoms with Crippen LogP contribution in [-0.2, 0) is 0 Å². The van der Waals surface area contributed by atoms with Gasteiger partial charge < -0.3 is 0 Å². The van der Waals surface area contributed by atoms with Crippen molar-refractivity contribution in [3.63, 3.8) is 0 Å². The van der Waals surface area contributed by atoms with Crippen LogP contribution in [0.3, 0.4) is 0 Å². The third-order valence-electron chi connectivity index (χ3n) is 3.45. The van der Waals surface area contributed by atoms with Crippen molar-refractivity contribution in [2.45, 2.75) is 4.90 Å². The molecule has 0 aromatic heterocycles. The molecule has 0 aliphatic heterocycles. The molecule has 0 saturated heterocycles. The summed E-state index contributed by atoms with van der Waals surface area (Å²) in [6.45, 7) is 0. The van der Waals surface area contributed by atoms with Gasteiger partial charge in [0.1, 0.15) is 17.5 Å². The van der Waals surface area contributed by atoms with Crippen molar-refractivity contribution in [3.8, 4) is 0 Å². The van der Waals surface area contributed by atoms with E-state index in [-0.39, 0.29) is 5.82 Å². The number of rotatable bonds is 5. The molecule has 0 spiro atoms. The Hall–Kier alpha value is -2.79. The van der Waals surface area contributed by atoms with Crippen molar-refractivity contribution >= 4 is 23.2 Å². The Labute approximate surface area is 153 Å². The van der Waals surface area contributed by atoms with Gasteiger partial charge in [-0.3, -0.25) is 0 Å². The van der Waals surface area contributed by atoms with Gasteiger partial charge in [-0.15, -0.1) is 0 Å². The quantitative estimate of drug-likeness (QED) is 0.368. The normalized spacial score (nSPS) is 11.9. The molecule has 0 fully saturated rings. The van der Waals surface area contributed by atoms with E-state index in [0.717, 1.165) is 4.90 Å². The SMILES string of the molecule is Fc1ccc(S/C=C/C(=N/c2cccc(F)c2)c2ccccc2F)cc1. The van der Waals surface area contributed by atoms with E-state index >= 15 is 0 Å². The predicted molar refractivity (Wildman–Crippen MR) is 100 cm³/mol. The van der Waals surface area contributed by atoms with Gasteiger partial charge in [-0.2, -0.15) is 0 Å². The topological polar surface area (TPSA) is 12.4 Å². The Morgan fingerprint density at radius 3 is 2.31 bits per heavy atom. The van der Waals surface area contributed by atoms with E-state index in [4.69, 9.17) is 0 Å². The van der Waals surface area contributed by atoms with Gasteiger partial charge >= 0.3 is 0 Å². The van der Waals surface area contributed by atoms with E-state index in [1.807, 2.05) is 0 Å². The van der Waals surface area contributed by atoms with Gasteiger partial charge in [0.15, 0.2) is 0 Å². The van der Waals surface area contributed by atoms with Gasteiger partial charge in [0.05, 0.1) is 11.4 Å². The molecule has 0 radical (unpaired) electrons. The number of thioether (sulfide) groups is 1. The number of halogens is 3. The monoisotopic (exact) mass is 369 g/mol. The highest BCUT2D eigenvalue weighted by Crippen LogP contribution is 2.22. The number of hydrogen-bond acceptors (Lipinski definition) is 2. The third kappa shape index (κ3) is 4.86. The molecule has 5 heteroatoms. The number of allylic oxidation sites excluding steroid dienone is 1. The van der Waals surface area contributed by atoms with Crippen LogP contribution in [0.2, 0.25) is 0 Å². The van der Waals surface area contributed by atoms with Gasteiger partial charge in [0, 0.05) is 10.5 Å². The maximum absolute atomic E-state index is 14.2. The molecule has 0 unspecified atom stereocenters. The molecule has 26 heavy (non-hydrogen) atoms. The zero-order valence-corrected chi connectivity index (χ0v) is 14.4. The van der Waals surface area contributed by atoms with E-state index in [0.29, 0.717) is 17.0 Å². The van der Waals surface area contributed by atoms with Crippen LogP contribution in [0.25, 0.3) is 0 Å². The smallest absolute Gasteiger partial charge is 0.132 e. The molecule has 0 bridgehead atoms. The minimum Gasteiger partial charge on any atom is -0.248 e. The minimum atomic E-state index is -0.418. The average Bonchev–Trinajstić information content (AvgIpc) is 2.63. The summed E-state index contributed by atoms with van der Waals surface area (Å²) in [4.78, 5) is 5.21. The second kappa shape index (κ2) is 8.54. The Morgan fingerprint density at radius 2 is 1.58 bits per heavy atom. The summed E-state index contributed by atoms with van der Waals surface area (Å²) >= 11 is 1.35. The molecule has 3 rings (SSSR count). The van der Waals surface area contributed by atoms with E-state index in [1.54, 1.807) is 53.9 Å². The van der Waals surface area contributed by atoms with Crippen molar-refractivity contribution in [2.75, 3.05) is 0 Å². The van der Waals surface area contributed by atoms with E-state index in [9.17, 15) is 13.2 Å². The molecule has 0 N–H and O–H groups in total. The van der Waals surface area contributed by atoms with E-state index in [2.05, 4.69) is 4.99 Å². The summed E-state index contributed by atoms with van der Waals surface area (Å²) < 4.78 is 40.5. The summed E-state index contributed by atoms with van der Waals surface area (Å²) in [6, 6.07) is 18.1. The molecular weight excluding hydrogens is 355 g/mol. The van der Waals surface area contributed by atoms with Crippen molar-refractivity contribution in [1.29, 1.82) is 0 Å². The first-order valence-corrected chi connectivity index (χ1v) is 8.68. The van der Waals surface area contributed by atoms with Crippen LogP contribution >= 0.6 is 11.8 Å². The van der Waals surface area contributed by atoms with Crippen LogP contribution in [0.4, 0.5) is 18.9 Å². The molecule has 0 aliphatic rings. The highest BCUT2D eigenvalue weighted by Gasteiger charge is 2.07. The molecule has 3 aromatic rings. The Bertz CT molecular complexity index is 949. The fraction of sp³-hybridized carbons (Fsp3) is 0. The molecule has 1 nitrogen and oxygen atoms in total. The standard InChI is InChI=1S/C21H14F3NS/c22-15-8-10-18(11-9-15)26-13-12-21(19-6-1-2-7-20(19)24)25-17-5-3-4-16(23)14-17/h1-14H/b13-12+,25-21-. The third-order valence-corrected chi connectivity index (χ3v) is 4.27. The van der Waals surface area contributed by atoms with Crippen molar-refractivity contribution in [3.05, 3.63) is 107 Å². The summed E-state index contributed by atoms with van der Waals surface area (Å²) in [7, 11) is 0. The lowest BCUT2D eigenvalue weighted by molar-refractivity contribution is 0.625. The summed E-state index contributed by atoms with van der Waals surface area (Å²) in [5.74, 6) is -1.14. The Balaban J connectivity index is 1.91. The van der Waals surface area contributed by atoms with E-state index in [1.165, 1.54) is 42.1 Å². The molecular formula is C21H14F3NS. The summed E-state index contributed by atoms with van der Waals surface area (Å²) in [5.41, 5.74) is 1.07.